The van der Waals surface area contributed by atoms with Crippen LogP contribution in [0.3, 0.4) is 0 Å². The highest BCUT2D eigenvalue weighted by Crippen LogP contribution is 2.29. The molecule has 3 N–H and O–H groups in total. The monoisotopic (exact) mass is 257 g/mol. The minimum atomic E-state index is -1.08. The molecule has 3 aromatic rings. The Balaban J connectivity index is 2.35. The summed E-state index contributed by atoms with van der Waals surface area (Å²) < 4.78 is 5.48. The SMILES string of the molecule is Cc1nc2cc3nc(C(C)(C)O)c(N)cc3cc2o1. The Morgan fingerprint density at radius 2 is 1.89 bits per heavy atom. The van der Waals surface area contributed by atoms with Crippen molar-refractivity contribution in [2.45, 2.75) is 26.4 Å². The summed E-state index contributed by atoms with van der Waals surface area (Å²) in [5, 5.41) is 10.9. The van der Waals surface area contributed by atoms with Crippen molar-refractivity contribution >= 4 is 27.7 Å². The third kappa shape index (κ3) is 1.92. The van der Waals surface area contributed by atoms with Crippen molar-refractivity contribution in [3.8, 4) is 0 Å². The van der Waals surface area contributed by atoms with E-state index in [1.54, 1.807) is 26.8 Å². The Morgan fingerprint density at radius 1 is 1.16 bits per heavy atom. The summed E-state index contributed by atoms with van der Waals surface area (Å²) in [7, 11) is 0. The predicted molar refractivity (Wildman–Crippen MR) is 73.7 cm³/mol. The highest BCUT2D eigenvalue weighted by Gasteiger charge is 2.22. The van der Waals surface area contributed by atoms with Crippen LogP contribution in [0.5, 0.6) is 0 Å². The average molecular weight is 257 g/mol. The van der Waals surface area contributed by atoms with E-state index >= 15 is 0 Å². The molecule has 0 aliphatic heterocycles. The molecule has 2 heterocycles. The second-order valence-electron chi connectivity index (χ2n) is 5.23. The van der Waals surface area contributed by atoms with E-state index in [1.807, 2.05) is 12.1 Å². The highest BCUT2D eigenvalue weighted by molar-refractivity contribution is 5.93. The Hall–Kier alpha value is -2.14. The molecule has 98 valence electrons. The van der Waals surface area contributed by atoms with E-state index in [0.29, 0.717) is 22.9 Å². The number of oxazole rings is 1. The van der Waals surface area contributed by atoms with E-state index in [1.165, 1.54) is 0 Å². The number of fused-ring (bicyclic) bond motifs is 2. The minimum Gasteiger partial charge on any atom is -0.441 e. The van der Waals surface area contributed by atoms with E-state index in [2.05, 4.69) is 9.97 Å². The van der Waals surface area contributed by atoms with Crippen LogP contribution in [0.1, 0.15) is 25.4 Å². The molecule has 0 atom stereocenters. The van der Waals surface area contributed by atoms with Gasteiger partial charge in [0.15, 0.2) is 11.5 Å². The average Bonchev–Trinajstić information content (AvgIpc) is 2.62. The first kappa shape index (κ1) is 11.9. The van der Waals surface area contributed by atoms with E-state index in [9.17, 15) is 5.11 Å². The molecule has 5 heteroatoms. The molecular weight excluding hydrogens is 242 g/mol. The number of aliphatic hydroxyl groups is 1. The zero-order valence-electron chi connectivity index (χ0n) is 11.1. The summed E-state index contributed by atoms with van der Waals surface area (Å²) in [6.45, 7) is 5.13. The van der Waals surface area contributed by atoms with Gasteiger partial charge in [0.2, 0.25) is 0 Å². The van der Waals surface area contributed by atoms with Crippen LogP contribution in [-0.2, 0) is 5.60 Å². The maximum atomic E-state index is 10.1. The molecule has 0 aliphatic carbocycles. The van der Waals surface area contributed by atoms with Crippen LogP contribution < -0.4 is 5.73 Å². The number of aryl methyl sites for hydroxylation is 1. The number of aromatic nitrogens is 2. The molecule has 0 saturated heterocycles. The lowest BCUT2D eigenvalue weighted by Gasteiger charge is -2.19. The molecule has 0 radical (unpaired) electrons. The molecule has 1 aromatic carbocycles. The van der Waals surface area contributed by atoms with Crippen molar-refractivity contribution in [1.29, 1.82) is 0 Å². The van der Waals surface area contributed by atoms with Crippen LogP contribution in [-0.4, -0.2) is 15.1 Å². The topological polar surface area (TPSA) is 85.2 Å². The van der Waals surface area contributed by atoms with Crippen molar-refractivity contribution in [3.63, 3.8) is 0 Å². The molecule has 0 aliphatic rings. The highest BCUT2D eigenvalue weighted by atomic mass is 16.3. The molecule has 0 fully saturated rings. The van der Waals surface area contributed by atoms with Gasteiger partial charge < -0.3 is 15.3 Å². The van der Waals surface area contributed by atoms with Gasteiger partial charge in [-0.05, 0) is 32.0 Å². The number of nitrogen functional groups attached to an aromatic ring is 1. The fourth-order valence-electron chi connectivity index (χ4n) is 2.22. The molecule has 19 heavy (non-hydrogen) atoms. The van der Waals surface area contributed by atoms with Gasteiger partial charge in [0.05, 0.1) is 16.9 Å². The Morgan fingerprint density at radius 3 is 2.58 bits per heavy atom. The molecule has 0 unspecified atom stereocenters. The second kappa shape index (κ2) is 3.68. The minimum absolute atomic E-state index is 0.468. The van der Waals surface area contributed by atoms with Crippen LogP contribution in [0, 0.1) is 6.92 Å². The second-order valence-corrected chi connectivity index (χ2v) is 5.23. The van der Waals surface area contributed by atoms with Crippen LogP contribution in [0.15, 0.2) is 22.6 Å². The zero-order valence-corrected chi connectivity index (χ0v) is 11.1. The summed E-state index contributed by atoms with van der Waals surface area (Å²) in [4.78, 5) is 8.73. The molecule has 0 spiro atoms. The Labute approximate surface area is 110 Å². The summed E-state index contributed by atoms with van der Waals surface area (Å²) in [5.74, 6) is 0.612. The number of benzene rings is 1. The summed E-state index contributed by atoms with van der Waals surface area (Å²) in [6, 6.07) is 5.50. The van der Waals surface area contributed by atoms with Crippen LogP contribution in [0.4, 0.5) is 5.69 Å². The third-order valence-electron chi connectivity index (χ3n) is 3.04. The van der Waals surface area contributed by atoms with Crippen molar-refractivity contribution in [1.82, 2.24) is 9.97 Å². The number of hydrogen-bond donors (Lipinski definition) is 2. The largest absolute Gasteiger partial charge is 0.441 e. The maximum absolute atomic E-state index is 10.1. The number of anilines is 1. The smallest absolute Gasteiger partial charge is 0.192 e. The van der Waals surface area contributed by atoms with Gasteiger partial charge in [-0.25, -0.2) is 9.97 Å². The van der Waals surface area contributed by atoms with Gasteiger partial charge in [-0.15, -0.1) is 0 Å². The van der Waals surface area contributed by atoms with Crippen molar-refractivity contribution in [2.24, 2.45) is 0 Å². The van der Waals surface area contributed by atoms with E-state index in [0.717, 1.165) is 16.4 Å². The van der Waals surface area contributed by atoms with Crippen molar-refractivity contribution in [2.75, 3.05) is 5.73 Å². The van der Waals surface area contributed by atoms with E-state index < -0.39 is 5.60 Å². The molecule has 0 saturated carbocycles. The van der Waals surface area contributed by atoms with Crippen molar-refractivity contribution < 1.29 is 9.52 Å². The number of hydrogen-bond acceptors (Lipinski definition) is 5. The lowest BCUT2D eigenvalue weighted by atomic mass is 10.0. The standard InChI is InChI=1S/C14H15N3O2/c1-7-16-11-6-10-8(5-12(11)19-7)4-9(15)13(17-10)14(2,3)18/h4-6,18H,15H2,1-3H3. The first-order chi connectivity index (χ1) is 8.84. The fraction of sp³-hybridized carbons (Fsp3) is 0.286. The molecule has 0 bridgehead atoms. The quantitative estimate of drug-likeness (QED) is 0.699. The van der Waals surface area contributed by atoms with Crippen molar-refractivity contribution in [3.05, 3.63) is 29.8 Å². The van der Waals surface area contributed by atoms with Crippen LogP contribution >= 0.6 is 0 Å². The van der Waals surface area contributed by atoms with Crippen LogP contribution in [0.2, 0.25) is 0 Å². The number of rotatable bonds is 1. The summed E-state index contributed by atoms with van der Waals surface area (Å²) in [5.41, 5.74) is 8.02. The maximum Gasteiger partial charge on any atom is 0.192 e. The fourth-order valence-corrected chi connectivity index (χ4v) is 2.22. The number of nitrogens with two attached hydrogens (primary N) is 1. The molecule has 0 amide bonds. The van der Waals surface area contributed by atoms with Gasteiger partial charge in [0.25, 0.3) is 0 Å². The van der Waals surface area contributed by atoms with E-state index in [-0.39, 0.29) is 0 Å². The van der Waals surface area contributed by atoms with Gasteiger partial charge in [0, 0.05) is 12.3 Å². The van der Waals surface area contributed by atoms with Gasteiger partial charge in [-0.3, -0.25) is 0 Å². The first-order valence-corrected chi connectivity index (χ1v) is 6.05. The summed E-state index contributed by atoms with van der Waals surface area (Å²) in [6.07, 6.45) is 0. The zero-order chi connectivity index (χ0) is 13.8. The molecule has 2 aromatic heterocycles. The molecule has 5 nitrogen and oxygen atoms in total. The molecule has 3 rings (SSSR count). The molecular formula is C14H15N3O2. The van der Waals surface area contributed by atoms with Crippen LogP contribution in [0.25, 0.3) is 22.0 Å². The number of pyridine rings is 1. The van der Waals surface area contributed by atoms with Gasteiger partial charge >= 0.3 is 0 Å². The van der Waals surface area contributed by atoms with Gasteiger partial charge in [-0.1, -0.05) is 0 Å². The Bertz CT molecular complexity index is 785. The van der Waals surface area contributed by atoms with Gasteiger partial charge in [0.1, 0.15) is 11.1 Å². The van der Waals surface area contributed by atoms with E-state index in [4.69, 9.17) is 10.2 Å². The third-order valence-corrected chi connectivity index (χ3v) is 3.04. The van der Waals surface area contributed by atoms with Gasteiger partial charge in [-0.2, -0.15) is 0 Å². The lowest BCUT2D eigenvalue weighted by Crippen LogP contribution is -2.19. The lowest BCUT2D eigenvalue weighted by molar-refractivity contribution is 0.0751. The first-order valence-electron chi connectivity index (χ1n) is 6.05. The Kier molecular flexibility index (Phi) is 2.31. The normalized spacial score (nSPS) is 12.4. The summed E-state index contributed by atoms with van der Waals surface area (Å²) >= 11 is 0. The predicted octanol–water partition coefficient (Wildman–Crippen LogP) is 2.49. The number of nitrogens with zero attached hydrogens (tertiary/aromatic N) is 2.